The fourth-order valence-corrected chi connectivity index (χ4v) is 4.58. The van der Waals surface area contributed by atoms with Crippen LogP contribution in [0.4, 0.5) is 0 Å². The summed E-state index contributed by atoms with van der Waals surface area (Å²) >= 11 is 0. The van der Waals surface area contributed by atoms with E-state index in [-0.39, 0.29) is 28.0 Å². The summed E-state index contributed by atoms with van der Waals surface area (Å²) in [6.45, 7) is 0.504. The molecule has 30 heavy (non-hydrogen) atoms. The Morgan fingerprint density at radius 1 is 0.933 bits per heavy atom. The van der Waals surface area contributed by atoms with Gasteiger partial charge in [0.2, 0.25) is 11.1 Å². The Morgan fingerprint density at radius 2 is 1.67 bits per heavy atom. The van der Waals surface area contributed by atoms with Gasteiger partial charge in [-0.15, -0.1) is 0 Å². The van der Waals surface area contributed by atoms with Crippen molar-refractivity contribution in [3.05, 3.63) is 86.6 Å². The SMILES string of the molecule is O=c1c2ccccc2oc2nc(C3CCCCC3)n(CCc3ccccc3)c(=O)c12. The lowest BCUT2D eigenvalue weighted by molar-refractivity contribution is 0.407. The summed E-state index contributed by atoms with van der Waals surface area (Å²) in [7, 11) is 0. The quantitative estimate of drug-likeness (QED) is 0.462. The van der Waals surface area contributed by atoms with Crippen molar-refractivity contribution in [1.82, 2.24) is 9.55 Å². The van der Waals surface area contributed by atoms with E-state index in [9.17, 15) is 9.59 Å². The van der Waals surface area contributed by atoms with Crippen LogP contribution < -0.4 is 11.0 Å². The number of hydrogen-bond acceptors (Lipinski definition) is 4. The van der Waals surface area contributed by atoms with Gasteiger partial charge in [-0.25, -0.2) is 0 Å². The largest absolute Gasteiger partial charge is 0.437 e. The van der Waals surface area contributed by atoms with E-state index in [1.165, 1.54) is 6.42 Å². The molecule has 152 valence electrons. The second kappa shape index (κ2) is 7.90. The predicted octanol–water partition coefficient (Wildman–Crippen LogP) is 4.79. The average Bonchev–Trinajstić information content (AvgIpc) is 2.79. The van der Waals surface area contributed by atoms with Crippen LogP contribution in [0.15, 0.2) is 68.6 Å². The molecule has 0 N–H and O–H groups in total. The highest BCUT2D eigenvalue weighted by atomic mass is 16.3. The molecule has 0 bridgehead atoms. The summed E-state index contributed by atoms with van der Waals surface area (Å²) in [4.78, 5) is 31.4. The van der Waals surface area contributed by atoms with Crippen molar-refractivity contribution in [1.29, 1.82) is 0 Å². The molecule has 0 saturated heterocycles. The number of nitrogens with zero attached hydrogens (tertiary/aromatic N) is 2. The van der Waals surface area contributed by atoms with Crippen LogP contribution in [0.25, 0.3) is 22.1 Å². The molecular formula is C25H24N2O3. The lowest BCUT2D eigenvalue weighted by Gasteiger charge is -2.24. The molecule has 0 spiro atoms. The van der Waals surface area contributed by atoms with Gasteiger partial charge in [0.15, 0.2) is 5.39 Å². The molecule has 1 fully saturated rings. The van der Waals surface area contributed by atoms with Crippen molar-refractivity contribution >= 4 is 22.1 Å². The van der Waals surface area contributed by atoms with Gasteiger partial charge in [-0.2, -0.15) is 4.98 Å². The van der Waals surface area contributed by atoms with E-state index in [4.69, 9.17) is 9.40 Å². The predicted molar refractivity (Wildman–Crippen MR) is 118 cm³/mol. The lowest BCUT2D eigenvalue weighted by Crippen LogP contribution is -2.31. The van der Waals surface area contributed by atoms with Gasteiger partial charge in [0.05, 0.1) is 5.39 Å². The summed E-state index contributed by atoms with van der Waals surface area (Å²) in [5.74, 6) is 0.991. The maximum absolute atomic E-state index is 13.5. The topological polar surface area (TPSA) is 65.1 Å². The van der Waals surface area contributed by atoms with Crippen molar-refractivity contribution in [3.63, 3.8) is 0 Å². The number of para-hydroxylation sites is 1. The first-order chi connectivity index (χ1) is 14.7. The third-order valence-corrected chi connectivity index (χ3v) is 6.17. The normalized spacial score (nSPS) is 15.1. The molecule has 4 aromatic rings. The molecule has 0 aliphatic heterocycles. The molecular weight excluding hydrogens is 376 g/mol. The molecule has 2 aromatic carbocycles. The first kappa shape index (κ1) is 18.8. The molecule has 1 aliphatic rings. The lowest BCUT2D eigenvalue weighted by atomic mass is 9.88. The summed E-state index contributed by atoms with van der Waals surface area (Å²) in [6.07, 6.45) is 6.24. The van der Waals surface area contributed by atoms with Crippen LogP contribution in [0.3, 0.4) is 0 Å². The average molecular weight is 400 g/mol. The zero-order valence-electron chi connectivity index (χ0n) is 16.8. The highest BCUT2D eigenvalue weighted by Gasteiger charge is 2.24. The molecule has 1 aliphatic carbocycles. The van der Waals surface area contributed by atoms with Crippen molar-refractivity contribution in [2.75, 3.05) is 0 Å². The summed E-state index contributed by atoms with van der Waals surface area (Å²) in [5, 5.41) is 0.477. The van der Waals surface area contributed by atoms with Crippen LogP contribution >= 0.6 is 0 Å². The van der Waals surface area contributed by atoms with Crippen LogP contribution in [-0.2, 0) is 13.0 Å². The van der Waals surface area contributed by atoms with E-state index in [0.29, 0.717) is 23.9 Å². The van der Waals surface area contributed by atoms with Crippen LogP contribution in [-0.4, -0.2) is 9.55 Å². The second-order valence-corrected chi connectivity index (χ2v) is 8.10. The van der Waals surface area contributed by atoms with Gasteiger partial charge in [0, 0.05) is 12.5 Å². The molecule has 0 amide bonds. The number of benzene rings is 2. The fraction of sp³-hybridized carbons (Fsp3) is 0.320. The molecule has 0 radical (unpaired) electrons. The van der Waals surface area contributed by atoms with Gasteiger partial charge >= 0.3 is 0 Å². The van der Waals surface area contributed by atoms with Crippen LogP contribution in [0.2, 0.25) is 0 Å². The third-order valence-electron chi connectivity index (χ3n) is 6.17. The Bertz CT molecular complexity index is 1320. The molecule has 5 rings (SSSR count). The molecule has 1 saturated carbocycles. The van der Waals surface area contributed by atoms with E-state index in [0.717, 1.165) is 37.1 Å². The van der Waals surface area contributed by atoms with E-state index >= 15 is 0 Å². The minimum Gasteiger partial charge on any atom is -0.437 e. The first-order valence-electron chi connectivity index (χ1n) is 10.7. The van der Waals surface area contributed by atoms with Crippen LogP contribution in [0.1, 0.15) is 49.4 Å². The van der Waals surface area contributed by atoms with Crippen molar-refractivity contribution in [3.8, 4) is 0 Å². The minimum atomic E-state index is -0.298. The molecule has 0 atom stereocenters. The highest BCUT2D eigenvalue weighted by molar-refractivity contribution is 5.87. The van der Waals surface area contributed by atoms with Crippen molar-refractivity contribution < 1.29 is 4.42 Å². The Hall–Kier alpha value is -3.21. The van der Waals surface area contributed by atoms with E-state index in [1.54, 1.807) is 22.8 Å². The Morgan fingerprint density at radius 3 is 2.47 bits per heavy atom. The smallest absolute Gasteiger partial charge is 0.268 e. The third kappa shape index (κ3) is 3.34. The van der Waals surface area contributed by atoms with Gasteiger partial charge in [0.25, 0.3) is 5.56 Å². The van der Waals surface area contributed by atoms with Crippen LogP contribution in [0.5, 0.6) is 0 Å². The Labute approximate surface area is 174 Å². The van der Waals surface area contributed by atoms with E-state index < -0.39 is 0 Å². The van der Waals surface area contributed by atoms with Crippen molar-refractivity contribution in [2.45, 2.75) is 51.0 Å². The van der Waals surface area contributed by atoms with Gasteiger partial charge in [0.1, 0.15) is 11.4 Å². The zero-order chi connectivity index (χ0) is 20.5. The number of hydrogen-bond donors (Lipinski definition) is 0. The highest BCUT2D eigenvalue weighted by Crippen LogP contribution is 2.32. The molecule has 0 unspecified atom stereocenters. The second-order valence-electron chi connectivity index (χ2n) is 8.10. The molecule has 5 nitrogen and oxygen atoms in total. The number of aryl methyl sites for hydroxylation is 1. The van der Waals surface area contributed by atoms with Crippen molar-refractivity contribution in [2.24, 2.45) is 0 Å². The number of rotatable bonds is 4. The fourth-order valence-electron chi connectivity index (χ4n) is 4.58. The van der Waals surface area contributed by atoms with E-state index in [1.807, 2.05) is 24.3 Å². The maximum Gasteiger partial charge on any atom is 0.268 e. The first-order valence-corrected chi connectivity index (χ1v) is 10.7. The van der Waals surface area contributed by atoms with E-state index in [2.05, 4.69) is 12.1 Å². The molecule has 2 aromatic heterocycles. The summed E-state index contributed by atoms with van der Waals surface area (Å²) < 4.78 is 7.67. The van der Waals surface area contributed by atoms with Gasteiger partial charge < -0.3 is 4.42 Å². The number of fused-ring (bicyclic) bond motifs is 2. The molecule has 5 heteroatoms. The standard InChI is InChI=1S/C25H24N2O3/c28-22-19-13-7-8-14-20(19)30-24-21(22)25(29)27(16-15-17-9-3-1-4-10-17)23(26-24)18-11-5-2-6-12-18/h1,3-4,7-10,13-14,18H,2,5-6,11-12,15-16H2. The summed E-state index contributed by atoms with van der Waals surface area (Å²) in [5.41, 5.74) is 1.22. The van der Waals surface area contributed by atoms with Gasteiger partial charge in [-0.1, -0.05) is 61.7 Å². The number of aromatic nitrogens is 2. The van der Waals surface area contributed by atoms with Gasteiger partial charge in [-0.3, -0.25) is 14.2 Å². The summed E-state index contributed by atoms with van der Waals surface area (Å²) in [6, 6.07) is 17.1. The molecule has 2 heterocycles. The van der Waals surface area contributed by atoms with Crippen LogP contribution in [0, 0.1) is 0 Å². The van der Waals surface area contributed by atoms with Gasteiger partial charge in [-0.05, 0) is 37.0 Å². The maximum atomic E-state index is 13.5. The minimum absolute atomic E-state index is 0.0568. The zero-order valence-corrected chi connectivity index (χ0v) is 16.8. The monoisotopic (exact) mass is 400 g/mol. The Kier molecular flexibility index (Phi) is 4.95. The Balaban J connectivity index is 1.70.